The number of allylic oxidation sites excluding steroid dienone is 1. The molecule has 0 fully saturated rings. The van der Waals surface area contributed by atoms with Gasteiger partial charge in [0, 0.05) is 11.1 Å². The summed E-state index contributed by atoms with van der Waals surface area (Å²) in [6.07, 6.45) is 1.17. The molecular formula is C11H9ClN4O3S. The summed E-state index contributed by atoms with van der Waals surface area (Å²) in [7, 11) is 0. The number of halogens is 1. The maximum Gasteiger partial charge on any atom is 0.211 e. The summed E-state index contributed by atoms with van der Waals surface area (Å²) in [4.78, 5) is 3.92. The van der Waals surface area contributed by atoms with Crippen LogP contribution in [0.5, 0.6) is 17.2 Å². The van der Waals surface area contributed by atoms with Gasteiger partial charge in [-0.25, -0.2) is 4.99 Å². The third-order valence-electron chi connectivity index (χ3n) is 2.68. The molecule has 2 rings (SSSR count). The number of thiocarbonyl (C=S) groups is 1. The standard InChI is InChI=1S/C11H9ClN4O3S/c1-3-7(17)6-5(9(19)8(3)18)4(10(12)15-6)2-14-16-11(13)20/h2,17-19H,1H3,(H2,13,20). The summed E-state index contributed by atoms with van der Waals surface area (Å²) in [5.41, 5.74) is 5.56. The number of hydrogen-bond donors (Lipinski definition) is 4. The van der Waals surface area contributed by atoms with E-state index in [4.69, 9.17) is 17.3 Å². The van der Waals surface area contributed by atoms with Crippen LogP contribution in [0.3, 0.4) is 0 Å². The fourth-order valence-electron chi connectivity index (χ4n) is 1.70. The van der Waals surface area contributed by atoms with Crippen LogP contribution in [0.25, 0.3) is 5.57 Å². The minimum atomic E-state index is -0.458. The summed E-state index contributed by atoms with van der Waals surface area (Å²) in [6, 6.07) is 0. The number of fused-ring (bicyclic) bond motifs is 1. The van der Waals surface area contributed by atoms with E-state index < -0.39 is 11.5 Å². The second-order valence-electron chi connectivity index (χ2n) is 3.89. The molecule has 0 unspecified atom stereocenters. The Labute approximate surface area is 123 Å². The fraction of sp³-hybridized carbons (Fsp3) is 0.0909. The summed E-state index contributed by atoms with van der Waals surface area (Å²) in [5.74, 6) is -1.19. The van der Waals surface area contributed by atoms with Gasteiger partial charge in [-0.1, -0.05) is 11.6 Å². The minimum absolute atomic E-state index is 0.0162. The molecule has 0 spiro atoms. The van der Waals surface area contributed by atoms with Crippen LogP contribution in [0.4, 0.5) is 5.69 Å². The smallest absolute Gasteiger partial charge is 0.211 e. The summed E-state index contributed by atoms with van der Waals surface area (Å²) >= 11 is 10.4. The molecule has 0 bridgehead atoms. The Hall–Kier alpha value is -2.19. The van der Waals surface area contributed by atoms with Crippen LogP contribution >= 0.6 is 23.8 Å². The molecule has 1 aliphatic heterocycles. The molecular weight excluding hydrogens is 304 g/mol. The van der Waals surface area contributed by atoms with Gasteiger partial charge in [0.25, 0.3) is 0 Å². The number of nitrogens with two attached hydrogens (primary N) is 1. The minimum Gasteiger partial charge on any atom is -0.505 e. The Morgan fingerprint density at radius 3 is 2.55 bits per heavy atom. The lowest BCUT2D eigenvalue weighted by Crippen LogP contribution is -2.01. The number of benzene rings is 1. The van der Waals surface area contributed by atoms with E-state index >= 15 is 0 Å². The molecule has 0 radical (unpaired) electrons. The van der Waals surface area contributed by atoms with Crippen molar-refractivity contribution in [1.29, 1.82) is 0 Å². The van der Waals surface area contributed by atoms with Crippen molar-refractivity contribution in [3.8, 4) is 17.2 Å². The molecule has 1 aromatic rings. The van der Waals surface area contributed by atoms with Crippen LogP contribution in [-0.4, -0.2) is 25.6 Å². The molecule has 0 amide bonds. The molecule has 5 N–H and O–H groups in total. The van der Waals surface area contributed by atoms with E-state index in [2.05, 4.69) is 27.4 Å². The van der Waals surface area contributed by atoms with Crippen LogP contribution in [0.15, 0.2) is 21.4 Å². The number of nitrogens with zero attached hydrogens (tertiary/aromatic N) is 3. The molecule has 9 heteroatoms. The Morgan fingerprint density at radius 2 is 1.95 bits per heavy atom. The Balaban J connectivity index is 2.65. The largest absolute Gasteiger partial charge is 0.505 e. The van der Waals surface area contributed by atoms with E-state index in [9.17, 15) is 15.3 Å². The number of hydrogen-bond acceptors (Lipinski definition) is 6. The van der Waals surface area contributed by atoms with Crippen LogP contribution in [0.1, 0.15) is 11.1 Å². The zero-order valence-electron chi connectivity index (χ0n) is 10.1. The highest BCUT2D eigenvalue weighted by Gasteiger charge is 2.30. The normalized spacial score (nSPS) is 15.7. The van der Waals surface area contributed by atoms with Crippen molar-refractivity contribution >= 4 is 45.4 Å². The van der Waals surface area contributed by atoms with Gasteiger partial charge in [-0.15, -0.1) is 5.11 Å². The van der Waals surface area contributed by atoms with Crippen molar-refractivity contribution in [3.63, 3.8) is 0 Å². The van der Waals surface area contributed by atoms with Crippen LogP contribution in [-0.2, 0) is 0 Å². The third-order valence-corrected chi connectivity index (χ3v) is 3.05. The topological polar surface area (TPSA) is 124 Å². The van der Waals surface area contributed by atoms with Crippen molar-refractivity contribution in [3.05, 3.63) is 17.3 Å². The van der Waals surface area contributed by atoms with E-state index in [1.807, 2.05) is 0 Å². The summed E-state index contributed by atoms with van der Waals surface area (Å²) in [6.45, 7) is 1.43. The van der Waals surface area contributed by atoms with Gasteiger partial charge < -0.3 is 21.1 Å². The van der Waals surface area contributed by atoms with E-state index in [0.29, 0.717) is 0 Å². The van der Waals surface area contributed by atoms with Crippen molar-refractivity contribution in [1.82, 2.24) is 0 Å². The van der Waals surface area contributed by atoms with Crippen molar-refractivity contribution < 1.29 is 15.3 Å². The zero-order chi connectivity index (χ0) is 15.0. The lowest BCUT2D eigenvalue weighted by Gasteiger charge is -2.10. The van der Waals surface area contributed by atoms with Crippen molar-refractivity contribution in [2.45, 2.75) is 6.92 Å². The van der Waals surface area contributed by atoms with Crippen molar-refractivity contribution in [2.24, 2.45) is 21.0 Å². The molecule has 0 aromatic heterocycles. The van der Waals surface area contributed by atoms with Gasteiger partial charge in [-0.3, -0.25) is 0 Å². The Bertz CT molecular complexity index is 712. The van der Waals surface area contributed by atoms with Gasteiger partial charge in [0.05, 0.1) is 11.8 Å². The van der Waals surface area contributed by atoms with Gasteiger partial charge in [0.15, 0.2) is 11.5 Å². The quantitative estimate of drug-likeness (QED) is 0.274. The zero-order valence-corrected chi connectivity index (χ0v) is 11.7. The van der Waals surface area contributed by atoms with E-state index in [1.54, 1.807) is 0 Å². The van der Waals surface area contributed by atoms with E-state index in [1.165, 1.54) is 13.1 Å². The fourth-order valence-corrected chi connectivity index (χ4v) is 1.98. The lowest BCUT2D eigenvalue weighted by molar-refractivity contribution is 0.392. The maximum atomic E-state index is 9.96. The molecule has 0 saturated heterocycles. The first-order chi connectivity index (χ1) is 9.34. The molecule has 1 aliphatic rings. The summed E-state index contributed by atoms with van der Waals surface area (Å²) in [5, 5.41) is 36.4. The molecule has 1 heterocycles. The predicted octanol–water partition coefficient (Wildman–Crippen LogP) is 2.43. The van der Waals surface area contributed by atoms with Crippen molar-refractivity contribution in [2.75, 3.05) is 0 Å². The van der Waals surface area contributed by atoms with Crippen LogP contribution in [0, 0.1) is 6.92 Å². The highest BCUT2D eigenvalue weighted by molar-refractivity contribution is 7.80. The monoisotopic (exact) mass is 312 g/mol. The average molecular weight is 313 g/mol. The highest BCUT2D eigenvalue weighted by atomic mass is 35.5. The van der Waals surface area contributed by atoms with E-state index in [-0.39, 0.29) is 38.4 Å². The van der Waals surface area contributed by atoms with Gasteiger partial charge in [-0.2, -0.15) is 5.11 Å². The van der Waals surface area contributed by atoms with Gasteiger partial charge in [-0.05, 0) is 19.1 Å². The Kier molecular flexibility index (Phi) is 3.60. The number of aliphatic imine (C=N–C) groups is 1. The molecule has 0 atom stereocenters. The second kappa shape index (κ2) is 5.06. The highest BCUT2D eigenvalue weighted by Crippen LogP contribution is 2.53. The second-order valence-corrected chi connectivity index (χ2v) is 4.67. The maximum absolute atomic E-state index is 9.96. The lowest BCUT2D eigenvalue weighted by atomic mass is 10.0. The van der Waals surface area contributed by atoms with Crippen LogP contribution < -0.4 is 5.73 Å². The van der Waals surface area contributed by atoms with Crippen LogP contribution in [0.2, 0.25) is 0 Å². The molecule has 20 heavy (non-hydrogen) atoms. The number of phenols is 3. The first-order valence-electron chi connectivity index (χ1n) is 5.27. The molecule has 0 saturated carbocycles. The van der Waals surface area contributed by atoms with Gasteiger partial charge in [0.2, 0.25) is 5.11 Å². The van der Waals surface area contributed by atoms with E-state index in [0.717, 1.165) is 0 Å². The number of azo groups is 1. The Morgan fingerprint density at radius 1 is 1.30 bits per heavy atom. The molecule has 7 nitrogen and oxygen atoms in total. The van der Waals surface area contributed by atoms with Gasteiger partial charge >= 0.3 is 0 Å². The SMILES string of the molecule is Cc1c(O)c(O)c2c(c1O)N=C(Cl)C2=CN=NC(N)=S. The number of phenolic OH excluding ortho intramolecular Hbond substituents is 3. The summed E-state index contributed by atoms with van der Waals surface area (Å²) < 4.78 is 0. The average Bonchev–Trinajstić information content (AvgIpc) is 2.71. The van der Waals surface area contributed by atoms with Gasteiger partial charge in [0.1, 0.15) is 16.6 Å². The first-order valence-corrected chi connectivity index (χ1v) is 6.06. The number of rotatable bonds is 1. The first kappa shape index (κ1) is 14.2. The molecule has 104 valence electrons. The number of aromatic hydroxyl groups is 3. The third kappa shape index (κ3) is 2.19. The predicted molar refractivity (Wildman–Crippen MR) is 78.7 cm³/mol. The molecule has 0 aliphatic carbocycles. The molecule has 1 aromatic carbocycles.